The van der Waals surface area contributed by atoms with E-state index in [-0.39, 0.29) is 11.3 Å². The largest absolute Gasteiger partial charge is 0.321 e. The molecule has 0 aromatic heterocycles. The van der Waals surface area contributed by atoms with E-state index < -0.39 is 10.8 Å². The van der Waals surface area contributed by atoms with Gasteiger partial charge in [0.1, 0.15) is 11.6 Å². The van der Waals surface area contributed by atoms with Gasteiger partial charge in [0.05, 0.1) is 4.92 Å². The molecule has 2 rings (SSSR count). The summed E-state index contributed by atoms with van der Waals surface area (Å²) in [5.41, 5.74) is 1.15. The maximum atomic E-state index is 12.1. The molecule has 24 heavy (non-hydrogen) atoms. The van der Waals surface area contributed by atoms with Crippen molar-refractivity contribution in [3.05, 3.63) is 74.3 Å². The van der Waals surface area contributed by atoms with Crippen molar-refractivity contribution < 1.29 is 9.72 Å². The minimum atomic E-state index is -0.608. The van der Waals surface area contributed by atoms with Gasteiger partial charge in [-0.1, -0.05) is 23.7 Å². The Labute approximate surface area is 143 Å². The number of carbonyl (C=O) groups is 1. The summed E-state index contributed by atoms with van der Waals surface area (Å²) in [6.07, 6.45) is 1.30. The maximum Gasteiger partial charge on any atom is 0.272 e. The number of nitriles is 1. The van der Waals surface area contributed by atoms with Crippen LogP contribution in [0.15, 0.2) is 48.0 Å². The number of carbonyl (C=O) groups excluding carboxylic acids is 1. The summed E-state index contributed by atoms with van der Waals surface area (Å²) >= 11 is 5.77. The Hall–Kier alpha value is -3.17. The molecule has 0 fully saturated rings. The molecule has 0 saturated carbocycles. The van der Waals surface area contributed by atoms with Gasteiger partial charge in [-0.25, -0.2) is 0 Å². The molecule has 120 valence electrons. The van der Waals surface area contributed by atoms with Crippen molar-refractivity contribution in [1.29, 1.82) is 5.26 Å². The van der Waals surface area contributed by atoms with Gasteiger partial charge in [0.2, 0.25) is 0 Å². The molecular weight excluding hydrogens is 330 g/mol. The van der Waals surface area contributed by atoms with E-state index in [0.717, 1.165) is 0 Å². The number of anilines is 1. The van der Waals surface area contributed by atoms with Crippen LogP contribution in [0.1, 0.15) is 11.1 Å². The molecule has 0 heterocycles. The predicted octanol–water partition coefficient (Wildman–Crippen LogP) is 4.10. The Balaban J connectivity index is 2.27. The molecule has 0 saturated heterocycles. The van der Waals surface area contributed by atoms with Crippen molar-refractivity contribution >= 4 is 35.0 Å². The van der Waals surface area contributed by atoms with E-state index in [1.165, 1.54) is 12.1 Å². The Kier molecular flexibility index (Phi) is 5.30. The van der Waals surface area contributed by atoms with E-state index in [9.17, 15) is 20.2 Å². The highest BCUT2D eigenvalue weighted by Gasteiger charge is 2.13. The third-order valence-corrected chi connectivity index (χ3v) is 3.46. The molecule has 0 aliphatic carbocycles. The predicted molar refractivity (Wildman–Crippen MR) is 91.5 cm³/mol. The lowest BCUT2D eigenvalue weighted by atomic mass is 10.1. The van der Waals surface area contributed by atoms with Crippen molar-refractivity contribution in [2.75, 3.05) is 5.32 Å². The first-order chi connectivity index (χ1) is 11.4. The fourth-order valence-electron chi connectivity index (χ4n) is 1.96. The van der Waals surface area contributed by atoms with Crippen LogP contribution in [0.5, 0.6) is 0 Å². The second-order valence-corrected chi connectivity index (χ2v) is 5.37. The van der Waals surface area contributed by atoms with E-state index in [1.54, 1.807) is 49.4 Å². The monoisotopic (exact) mass is 341 g/mol. The number of hydrogen-bond donors (Lipinski definition) is 1. The van der Waals surface area contributed by atoms with E-state index in [1.807, 2.05) is 0 Å². The van der Waals surface area contributed by atoms with Gasteiger partial charge in [-0.2, -0.15) is 5.26 Å². The van der Waals surface area contributed by atoms with E-state index >= 15 is 0 Å². The number of nitro benzene ring substituents is 1. The molecule has 1 N–H and O–H groups in total. The van der Waals surface area contributed by atoms with Crippen molar-refractivity contribution in [3.63, 3.8) is 0 Å². The van der Waals surface area contributed by atoms with Crippen LogP contribution in [0, 0.1) is 28.4 Å². The van der Waals surface area contributed by atoms with Crippen molar-refractivity contribution in [1.82, 2.24) is 0 Å². The van der Waals surface area contributed by atoms with Gasteiger partial charge < -0.3 is 5.32 Å². The van der Waals surface area contributed by atoms with Crippen LogP contribution in [0.3, 0.4) is 0 Å². The number of halogens is 1. The summed E-state index contributed by atoms with van der Waals surface area (Å²) in [4.78, 5) is 22.6. The Morgan fingerprint density at radius 2 is 1.96 bits per heavy atom. The summed E-state index contributed by atoms with van der Waals surface area (Å²) in [6, 6.07) is 12.7. The van der Waals surface area contributed by atoms with Crippen LogP contribution in [-0.2, 0) is 4.79 Å². The summed E-state index contributed by atoms with van der Waals surface area (Å²) < 4.78 is 0. The average molecular weight is 342 g/mol. The van der Waals surface area contributed by atoms with Crippen molar-refractivity contribution in [2.24, 2.45) is 0 Å². The molecule has 0 radical (unpaired) electrons. The molecule has 2 aromatic rings. The van der Waals surface area contributed by atoms with Crippen LogP contribution < -0.4 is 5.32 Å². The molecule has 0 unspecified atom stereocenters. The normalized spacial score (nSPS) is 10.8. The van der Waals surface area contributed by atoms with Crippen LogP contribution in [-0.4, -0.2) is 10.8 Å². The van der Waals surface area contributed by atoms with Crippen LogP contribution in [0.4, 0.5) is 11.4 Å². The summed E-state index contributed by atoms with van der Waals surface area (Å²) in [7, 11) is 0. The van der Waals surface area contributed by atoms with E-state index in [2.05, 4.69) is 5.32 Å². The van der Waals surface area contributed by atoms with Gasteiger partial charge in [0.15, 0.2) is 0 Å². The highest BCUT2D eigenvalue weighted by atomic mass is 35.5. The number of aryl methyl sites for hydroxylation is 1. The fraction of sp³-hybridized carbons (Fsp3) is 0.0588. The first kappa shape index (κ1) is 17.2. The first-order valence-corrected chi connectivity index (χ1v) is 7.22. The zero-order valence-electron chi connectivity index (χ0n) is 12.6. The van der Waals surface area contributed by atoms with Gasteiger partial charge in [-0.15, -0.1) is 0 Å². The van der Waals surface area contributed by atoms with Crippen LogP contribution >= 0.6 is 11.6 Å². The summed E-state index contributed by atoms with van der Waals surface area (Å²) in [5.74, 6) is -0.608. The maximum absolute atomic E-state index is 12.1. The van der Waals surface area contributed by atoms with Crippen molar-refractivity contribution in [2.45, 2.75) is 6.92 Å². The van der Waals surface area contributed by atoms with Crippen LogP contribution in [0.25, 0.3) is 6.08 Å². The minimum absolute atomic E-state index is 0.0702. The molecule has 2 aromatic carbocycles. The lowest BCUT2D eigenvalue weighted by molar-refractivity contribution is -0.385. The second kappa shape index (κ2) is 7.40. The standard InChI is InChI=1S/C17H12ClN3O3/c1-11-2-3-12(9-16(11)21(23)24)8-13(10-19)17(22)20-15-6-4-14(18)5-7-15/h2-9H,1H3,(H,20,22). The number of nitrogens with zero attached hydrogens (tertiary/aromatic N) is 2. The highest BCUT2D eigenvalue weighted by Crippen LogP contribution is 2.21. The third-order valence-electron chi connectivity index (χ3n) is 3.21. The molecule has 0 aliphatic heterocycles. The zero-order valence-corrected chi connectivity index (χ0v) is 13.4. The molecule has 0 aliphatic rings. The van der Waals surface area contributed by atoms with Gasteiger partial charge in [-0.05, 0) is 42.8 Å². The van der Waals surface area contributed by atoms with Gasteiger partial charge in [-0.3, -0.25) is 14.9 Å². The Morgan fingerprint density at radius 1 is 1.29 bits per heavy atom. The second-order valence-electron chi connectivity index (χ2n) is 4.93. The van der Waals surface area contributed by atoms with Gasteiger partial charge >= 0.3 is 0 Å². The third kappa shape index (κ3) is 4.18. The van der Waals surface area contributed by atoms with Crippen LogP contribution in [0.2, 0.25) is 5.02 Å². The molecule has 0 spiro atoms. The Bertz CT molecular complexity index is 868. The topological polar surface area (TPSA) is 96.0 Å². The molecule has 1 amide bonds. The summed E-state index contributed by atoms with van der Waals surface area (Å²) in [6.45, 7) is 1.62. The van der Waals surface area contributed by atoms with E-state index in [0.29, 0.717) is 21.8 Å². The highest BCUT2D eigenvalue weighted by molar-refractivity contribution is 6.30. The molecular formula is C17H12ClN3O3. The molecule has 0 atom stereocenters. The summed E-state index contributed by atoms with van der Waals surface area (Å²) in [5, 5.41) is 23.2. The molecule has 7 heteroatoms. The first-order valence-electron chi connectivity index (χ1n) is 6.84. The smallest absolute Gasteiger partial charge is 0.272 e. The SMILES string of the molecule is Cc1ccc(C=C(C#N)C(=O)Nc2ccc(Cl)cc2)cc1[N+](=O)[O-]. The van der Waals surface area contributed by atoms with Gasteiger partial charge in [0.25, 0.3) is 11.6 Å². The average Bonchev–Trinajstić information content (AvgIpc) is 2.55. The number of rotatable bonds is 4. The number of benzene rings is 2. The zero-order chi connectivity index (χ0) is 17.7. The fourth-order valence-corrected chi connectivity index (χ4v) is 2.09. The number of hydrogen-bond acceptors (Lipinski definition) is 4. The molecule has 6 nitrogen and oxygen atoms in total. The number of nitro groups is 1. The Morgan fingerprint density at radius 3 is 2.54 bits per heavy atom. The quantitative estimate of drug-likeness (QED) is 0.392. The lowest BCUT2D eigenvalue weighted by Crippen LogP contribution is -2.13. The lowest BCUT2D eigenvalue weighted by Gasteiger charge is -2.04. The number of amides is 1. The molecule has 0 bridgehead atoms. The number of nitrogens with one attached hydrogen (secondary N) is 1. The van der Waals surface area contributed by atoms with Gasteiger partial charge in [0, 0.05) is 22.3 Å². The van der Waals surface area contributed by atoms with E-state index in [4.69, 9.17) is 11.6 Å². The minimum Gasteiger partial charge on any atom is -0.321 e. The van der Waals surface area contributed by atoms with Crippen molar-refractivity contribution in [3.8, 4) is 6.07 Å².